The molecule has 0 aliphatic heterocycles. The summed E-state index contributed by atoms with van der Waals surface area (Å²) in [6.45, 7) is 0. The van der Waals surface area contributed by atoms with Crippen LogP contribution in [0.1, 0.15) is 16.3 Å². The van der Waals surface area contributed by atoms with Crippen LogP contribution in [-0.4, -0.2) is 26.9 Å². The molecular weight excluding hydrogens is 313 g/mol. The topological polar surface area (TPSA) is 96.6 Å². The van der Waals surface area contributed by atoms with Gasteiger partial charge in [0.15, 0.2) is 0 Å². The van der Waals surface area contributed by atoms with Crippen molar-refractivity contribution in [3.8, 4) is 0 Å². The molecular formula is C14H12FNO5S. The SMILES string of the molecule is O=C(CS(=O)Cc1ccc(C(=O)O)o1)Nc1ccc(F)cc1. The van der Waals surface area contributed by atoms with E-state index in [-0.39, 0.29) is 23.0 Å². The summed E-state index contributed by atoms with van der Waals surface area (Å²) in [5.74, 6) is -2.49. The molecule has 0 radical (unpaired) electrons. The first-order valence-electron chi connectivity index (χ1n) is 6.16. The van der Waals surface area contributed by atoms with Crippen molar-refractivity contribution in [1.29, 1.82) is 0 Å². The van der Waals surface area contributed by atoms with Gasteiger partial charge in [0.25, 0.3) is 0 Å². The van der Waals surface area contributed by atoms with Crippen LogP contribution in [0.2, 0.25) is 0 Å². The first-order chi connectivity index (χ1) is 10.4. The fourth-order valence-electron chi connectivity index (χ4n) is 1.66. The molecule has 22 heavy (non-hydrogen) atoms. The molecule has 0 aliphatic carbocycles. The summed E-state index contributed by atoms with van der Waals surface area (Å²) in [5.41, 5.74) is 0.398. The van der Waals surface area contributed by atoms with Crippen molar-refractivity contribution in [2.75, 3.05) is 11.1 Å². The number of carbonyl (C=O) groups is 2. The van der Waals surface area contributed by atoms with Crippen molar-refractivity contribution in [3.05, 3.63) is 53.7 Å². The molecule has 1 atom stereocenters. The first kappa shape index (κ1) is 15.9. The Bertz CT molecular complexity index is 710. The third-order valence-corrected chi connectivity index (χ3v) is 3.79. The van der Waals surface area contributed by atoms with Crippen molar-refractivity contribution in [3.63, 3.8) is 0 Å². The first-order valence-corrected chi connectivity index (χ1v) is 7.65. The van der Waals surface area contributed by atoms with E-state index in [1.807, 2.05) is 0 Å². The number of anilines is 1. The Morgan fingerprint density at radius 2 is 1.86 bits per heavy atom. The van der Waals surface area contributed by atoms with Gasteiger partial charge in [-0.25, -0.2) is 9.18 Å². The summed E-state index contributed by atoms with van der Waals surface area (Å²) in [6.07, 6.45) is 0. The standard InChI is InChI=1S/C14H12FNO5S/c15-9-1-3-10(4-2-9)16-13(17)8-22(20)7-11-5-6-12(21-11)14(18)19/h1-6H,7-8H2,(H,16,17)(H,18,19). The van der Waals surface area contributed by atoms with E-state index in [1.165, 1.54) is 36.4 Å². The average Bonchev–Trinajstić information content (AvgIpc) is 2.89. The van der Waals surface area contributed by atoms with E-state index in [1.54, 1.807) is 0 Å². The lowest BCUT2D eigenvalue weighted by Gasteiger charge is -2.04. The van der Waals surface area contributed by atoms with Gasteiger partial charge in [0.1, 0.15) is 17.3 Å². The third-order valence-electron chi connectivity index (χ3n) is 2.60. The quantitative estimate of drug-likeness (QED) is 0.847. The van der Waals surface area contributed by atoms with Gasteiger partial charge < -0.3 is 14.8 Å². The molecule has 0 spiro atoms. The van der Waals surface area contributed by atoms with Crippen LogP contribution in [0.5, 0.6) is 0 Å². The molecule has 0 bridgehead atoms. The Morgan fingerprint density at radius 1 is 1.18 bits per heavy atom. The number of nitrogens with one attached hydrogen (secondary N) is 1. The molecule has 116 valence electrons. The number of hydrogen-bond donors (Lipinski definition) is 2. The van der Waals surface area contributed by atoms with Crippen LogP contribution in [0.25, 0.3) is 0 Å². The zero-order valence-electron chi connectivity index (χ0n) is 11.2. The Morgan fingerprint density at radius 3 is 2.45 bits per heavy atom. The van der Waals surface area contributed by atoms with Gasteiger partial charge in [0, 0.05) is 16.5 Å². The summed E-state index contributed by atoms with van der Waals surface area (Å²) >= 11 is 0. The molecule has 0 saturated heterocycles. The minimum atomic E-state index is -1.55. The second-order valence-corrected chi connectivity index (χ2v) is 5.81. The van der Waals surface area contributed by atoms with Gasteiger partial charge in [0.05, 0.1) is 5.75 Å². The van der Waals surface area contributed by atoms with E-state index < -0.39 is 28.5 Å². The van der Waals surface area contributed by atoms with E-state index >= 15 is 0 Å². The normalized spacial score (nSPS) is 11.9. The van der Waals surface area contributed by atoms with Crippen molar-refractivity contribution in [2.45, 2.75) is 5.75 Å². The van der Waals surface area contributed by atoms with Gasteiger partial charge in [0.2, 0.25) is 11.7 Å². The number of carboxylic acids is 1. The highest BCUT2D eigenvalue weighted by atomic mass is 32.2. The second kappa shape index (κ2) is 6.99. The number of carbonyl (C=O) groups excluding carboxylic acids is 1. The summed E-state index contributed by atoms with van der Waals surface area (Å²) in [7, 11) is -1.55. The van der Waals surface area contributed by atoms with E-state index in [0.717, 1.165) is 0 Å². The maximum atomic E-state index is 12.7. The molecule has 8 heteroatoms. The maximum Gasteiger partial charge on any atom is 0.371 e. The Hall–Kier alpha value is -2.48. The number of rotatable bonds is 6. The van der Waals surface area contributed by atoms with Gasteiger partial charge in [-0.1, -0.05) is 0 Å². The molecule has 1 aromatic heterocycles. The fourth-order valence-corrected chi connectivity index (χ4v) is 2.60. The summed E-state index contributed by atoms with van der Waals surface area (Å²) in [4.78, 5) is 22.3. The molecule has 2 aromatic rings. The molecule has 1 heterocycles. The minimum Gasteiger partial charge on any atom is -0.475 e. The van der Waals surface area contributed by atoms with Crippen molar-refractivity contribution >= 4 is 28.4 Å². The molecule has 0 saturated carbocycles. The Labute approximate surface area is 127 Å². The monoisotopic (exact) mass is 325 g/mol. The lowest BCUT2D eigenvalue weighted by atomic mass is 10.3. The van der Waals surface area contributed by atoms with Crippen LogP contribution >= 0.6 is 0 Å². The molecule has 2 rings (SSSR count). The third kappa shape index (κ3) is 4.52. The van der Waals surface area contributed by atoms with Crippen LogP contribution < -0.4 is 5.32 Å². The second-order valence-electron chi connectivity index (χ2n) is 4.35. The highest BCUT2D eigenvalue weighted by Gasteiger charge is 2.14. The molecule has 2 N–H and O–H groups in total. The van der Waals surface area contributed by atoms with Gasteiger partial charge in [-0.05, 0) is 36.4 Å². The van der Waals surface area contributed by atoms with Crippen LogP contribution in [-0.2, 0) is 21.3 Å². The lowest BCUT2D eigenvalue weighted by molar-refractivity contribution is -0.113. The molecule has 1 amide bonds. The highest BCUT2D eigenvalue weighted by Crippen LogP contribution is 2.11. The van der Waals surface area contributed by atoms with Gasteiger partial charge in [-0.2, -0.15) is 0 Å². The molecule has 1 aromatic carbocycles. The average molecular weight is 325 g/mol. The van der Waals surface area contributed by atoms with Crippen LogP contribution in [0.4, 0.5) is 10.1 Å². The van der Waals surface area contributed by atoms with Crippen LogP contribution in [0.15, 0.2) is 40.8 Å². The number of benzene rings is 1. The number of halogens is 1. The number of aromatic carboxylic acids is 1. The summed E-state index contributed by atoms with van der Waals surface area (Å²) in [5, 5.41) is 11.2. The van der Waals surface area contributed by atoms with E-state index in [4.69, 9.17) is 9.52 Å². The molecule has 1 unspecified atom stereocenters. The smallest absolute Gasteiger partial charge is 0.371 e. The van der Waals surface area contributed by atoms with Crippen LogP contribution in [0.3, 0.4) is 0 Å². The van der Waals surface area contributed by atoms with E-state index in [9.17, 15) is 18.2 Å². The van der Waals surface area contributed by atoms with Crippen molar-refractivity contribution in [2.24, 2.45) is 0 Å². The van der Waals surface area contributed by atoms with Gasteiger partial charge in [-0.3, -0.25) is 9.00 Å². The number of carboxylic acid groups (broad SMARTS) is 1. The van der Waals surface area contributed by atoms with Gasteiger partial charge >= 0.3 is 5.97 Å². The molecule has 6 nitrogen and oxygen atoms in total. The molecule has 0 aliphatic rings. The lowest BCUT2D eigenvalue weighted by Crippen LogP contribution is -2.20. The van der Waals surface area contributed by atoms with Gasteiger partial charge in [-0.15, -0.1) is 0 Å². The maximum absolute atomic E-state index is 12.7. The highest BCUT2D eigenvalue weighted by molar-refractivity contribution is 7.84. The Kier molecular flexibility index (Phi) is 5.05. The Balaban J connectivity index is 1.86. The predicted molar refractivity (Wildman–Crippen MR) is 77.4 cm³/mol. The summed E-state index contributed by atoms with van der Waals surface area (Å²) < 4.78 is 29.5. The molecule has 0 fully saturated rings. The van der Waals surface area contributed by atoms with Crippen molar-refractivity contribution < 1.29 is 27.7 Å². The zero-order chi connectivity index (χ0) is 16.1. The number of furan rings is 1. The van der Waals surface area contributed by atoms with E-state index in [0.29, 0.717) is 5.69 Å². The van der Waals surface area contributed by atoms with Crippen molar-refractivity contribution in [1.82, 2.24) is 0 Å². The summed E-state index contributed by atoms with van der Waals surface area (Å²) in [6, 6.07) is 7.84. The van der Waals surface area contributed by atoms with E-state index in [2.05, 4.69) is 5.32 Å². The zero-order valence-corrected chi connectivity index (χ0v) is 12.1. The number of hydrogen-bond acceptors (Lipinski definition) is 4. The minimum absolute atomic E-state index is 0.0654. The fraction of sp³-hybridized carbons (Fsp3) is 0.143. The van der Waals surface area contributed by atoms with Crippen LogP contribution in [0, 0.1) is 5.82 Å². The number of amides is 1. The predicted octanol–water partition coefficient (Wildman–Crippen LogP) is 2.00. The largest absolute Gasteiger partial charge is 0.475 e.